The van der Waals surface area contributed by atoms with Crippen molar-refractivity contribution < 1.29 is 287 Å². The Morgan fingerprint density at radius 2 is 0.730 bits per heavy atom. The summed E-state index contributed by atoms with van der Waals surface area (Å²) in [5.41, 5.74) is -0.595. The second-order valence-electron chi connectivity index (χ2n) is 13.7. The van der Waals surface area contributed by atoms with Gasteiger partial charge >= 0.3 is 206 Å². The molecule has 2 heterocycles. The first-order chi connectivity index (χ1) is 33.1. The maximum atomic E-state index is 12.5. The number of aromatic nitrogens is 6. The fraction of sp³-hybridized carbons (Fsp3) is 0.444. The predicted molar refractivity (Wildman–Crippen MR) is 244 cm³/mol. The van der Waals surface area contributed by atoms with Crippen LogP contribution >= 0.6 is 0 Å². The first-order valence-corrected chi connectivity index (χ1v) is 26.4. The van der Waals surface area contributed by atoms with Crippen molar-refractivity contribution in [2.24, 2.45) is 0 Å². The van der Waals surface area contributed by atoms with Crippen molar-refractivity contribution in [2.75, 3.05) is 136 Å². The Kier molecular flexibility index (Phi) is 39.1. The van der Waals surface area contributed by atoms with Crippen molar-refractivity contribution >= 4 is 99.7 Å². The molecule has 0 radical (unpaired) electrons. The van der Waals surface area contributed by atoms with E-state index in [9.17, 15) is 51.9 Å². The minimum absolute atomic E-state index is 0. The number of ether oxygens (including phenoxy) is 4. The maximum Gasteiger partial charge on any atom is 1.00 e. The molecule has 0 fully saturated rings. The molecule has 2 aromatic carbocycles. The van der Waals surface area contributed by atoms with E-state index in [0.29, 0.717) is 0 Å². The number of aliphatic hydroxyl groups is 2. The van der Waals surface area contributed by atoms with E-state index in [1.54, 1.807) is 0 Å². The topological polar surface area (TPSA) is 456 Å². The van der Waals surface area contributed by atoms with Gasteiger partial charge in [-0.2, -0.15) is 29.9 Å². The van der Waals surface area contributed by atoms with E-state index in [0.717, 1.165) is 24.3 Å². The van der Waals surface area contributed by atoms with Crippen LogP contribution in [0.1, 0.15) is 11.1 Å². The van der Waals surface area contributed by atoms with Gasteiger partial charge in [-0.1, -0.05) is 24.3 Å². The summed E-state index contributed by atoms with van der Waals surface area (Å²) in [5, 5.41) is 33.9. The molecule has 38 heteroatoms. The normalized spacial score (nSPS) is 11.6. The molecule has 30 nitrogen and oxygen atoms in total. The quantitative estimate of drug-likeness (QED) is 0.00932. The maximum absolute atomic E-state index is 12.5. The van der Waals surface area contributed by atoms with E-state index in [4.69, 9.17) is 29.2 Å². The molecule has 388 valence electrons. The van der Waals surface area contributed by atoms with E-state index >= 15 is 0 Å². The third-order valence-electron chi connectivity index (χ3n) is 8.34. The monoisotopic (exact) mass is 1220 g/mol. The van der Waals surface area contributed by atoms with Crippen LogP contribution < -0.4 is 237 Å². The van der Waals surface area contributed by atoms with Gasteiger partial charge in [-0.05, 0) is 35.4 Å². The fourth-order valence-corrected chi connectivity index (χ4v) is 7.47. The van der Waals surface area contributed by atoms with Gasteiger partial charge in [0.05, 0.1) is 108 Å². The van der Waals surface area contributed by atoms with Gasteiger partial charge in [0, 0.05) is 37.6 Å². The van der Waals surface area contributed by atoms with Gasteiger partial charge in [-0.25, -0.2) is 33.7 Å². The number of rotatable bonds is 34. The average Bonchev–Trinajstić information content (AvgIpc) is 3.26. The van der Waals surface area contributed by atoms with Crippen LogP contribution in [0.15, 0.2) is 46.2 Å². The standard InChI is InChI=1S/C36H52N12O18S4.4K/c49-11-15-65-19-17-63-13-7-37-31-43-33(39-9-21-67(51,52)53)47-35(45-31)41-27-5-3-25(29(23-27)69(57,58)59)1-2-26-4-6-28(24-30(26)70(60,61)62)42-36-46-32(38-8-14-64-18-20-66-16-12-50)44-34(48-36)40-10-22-68(54,55)56;;;;/h1-6,23-24,49-50H,7-22H2,(H,51,52,53)(H,54,55,56)(H,57,58,59)(H,60,61,62)(H3,37,39,41,43,45,47)(H3,38,40,42,44,46,48);;;;/q;4*+1/p-4/b2-1+;;;;. The molecule has 0 aliphatic rings. The van der Waals surface area contributed by atoms with E-state index in [1.807, 2.05) is 0 Å². The smallest absolute Gasteiger partial charge is 0.748 e. The summed E-state index contributed by atoms with van der Waals surface area (Å²) in [4.78, 5) is 23.2. The Balaban J connectivity index is 0.0000133. The molecule has 2 aromatic heterocycles. The van der Waals surface area contributed by atoms with Gasteiger partial charge in [-0.3, -0.25) is 0 Å². The molecule has 74 heavy (non-hydrogen) atoms. The average molecular weight is 1220 g/mol. The summed E-state index contributed by atoms with van der Waals surface area (Å²) >= 11 is 0. The van der Waals surface area contributed by atoms with Gasteiger partial charge in [0.15, 0.2) is 0 Å². The first-order valence-electron chi connectivity index (χ1n) is 20.4. The SMILES string of the molecule is O=S(=O)([O-])CCNc1nc(NCCOCCOCCO)nc(Nc2ccc(/C=C/c3ccc(Nc4nc(NCCOCCOCCO)nc(NCCS(=O)(=O)[O-])n4)cc3S(=O)(=O)[O-])c(S(=O)(=O)[O-])c2)n1.[K+].[K+].[K+].[K+]. The van der Waals surface area contributed by atoms with Crippen LogP contribution in [-0.2, 0) is 59.4 Å². The zero-order valence-electron chi connectivity index (χ0n) is 40.7. The van der Waals surface area contributed by atoms with E-state index in [1.165, 1.54) is 24.3 Å². The molecular weight excluding hydrogens is 1170 g/mol. The van der Waals surface area contributed by atoms with Crippen LogP contribution in [0.5, 0.6) is 0 Å². The zero-order valence-corrected chi connectivity index (χ0v) is 56.4. The summed E-state index contributed by atoms with van der Waals surface area (Å²) in [6.07, 6.45) is 2.14. The molecule has 0 saturated carbocycles. The van der Waals surface area contributed by atoms with E-state index in [-0.39, 0.29) is 356 Å². The van der Waals surface area contributed by atoms with Crippen molar-refractivity contribution in [3.05, 3.63) is 47.5 Å². The summed E-state index contributed by atoms with van der Waals surface area (Å²) < 4.78 is 163. The minimum atomic E-state index is -5.26. The first kappa shape index (κ1) is 74.9. The van der Waals surface area contributed by atoms with Crippen molar-refractivity contribution in [1.29, 1.82) is 0 Å². The number of benzene rings is 2. The van der Waals surface area contributed by atoms with E-state index < -0.39 is 61.8 Å². The Morgan fingerprint density at radius 3 is 1.03 bits per heavy atom. The van der Waals surface area contributed by atoms with Crippen LogP contribution in [0.2, 0.25) is 0 Å². The van der Waals surface area contributed by atoms with Gasteiger partial charge in [-0.15, -0.1) is 0 Å². The number of hydrogen-bond donors (Lipinski definition) is 8. The third-order valence-corrected chi connectivity index (χ3v) is 11.5. The zero-order chi connectivity index (χ0) is 51.2. The van der Waals surface area contributed by atoms with E-state index in [2.05, 4.69) is 61.8 Å². The van der Waals surface area contributed by atoms with Crippen LogP contribution in [0.3, 0.4) is 0 Å². The molecular formula is C36H48K4N12O18S4. The summed E-state index contributed by atoms with van der Waals surface area (Å²) in [7, 11) is -19.7. The molecule has 0 atom stereocenters. The molecule has 0 saturated heterocycles. The van der Waals surface area contributed by atoms with Crippen LogP contribution in [0.4, 0.5) is 47.1 Å². The molecule has 8 N–H and O–H groups in total. The molecule has 0 aliphatic heterocycles. The second kappa shape index (κ2) is 38.6. The molecule has 4 aromatic rings. The Labute approximate surface area is 597 Å². The minimum Gasteiger partial charge on any atom is -0.748 e. The van der Waals surface area contributed by atoms with Crippen molar-refractivity contribution in [1.82, 2.24) is 29.9 Å². The molecule has 0 bridgehead atoms. The van der Waals surface area contributed by atoms with Crippen molar-refractivity contribution in [2.45, 2.75) is 9.79 Å². The van der Waals surface area contributed by atoms with Gasteiger partial charge in [0.25, 0.3) is 0 Å². The second-order valence-corrected chi connectivity index (χ2v) is 19.5. The Morgan fingerprint density at radius 1 is 0.432 bits per heavy atom. The summed E-state index contributed by atoms with van der Waals surface area (Å²) in [6, 6.07) is 6.80. The fourth-order valence-electron chi connectivity index (χ4n) is 5.37. The predicted octanol–water partition coefficient (Wildman–Crippen LogP) is -13.7. The van der Waals surface area contributed by atoms with Gasteiger partial charge < -0.3 is 79.3 Å². The molecule has 0 aliphatic carbocycles. The van der Waals surface area contributed by atoms with Crippen LogP contribution in [0.25, 0.3) is 12.2 Å². The Hall–Kier alpha value is 0.945. The summed E-state index contributed by atoms with van der Waals surface area (Å²) in [6.45, 7) is 0.655. The van der Waals surface area contributed by atoms with Crippen LogP contribution in [0, 0.1) is 0 Å². The largest absolute Gasteiger partial charge is 1.00 e. The number of hydrogen-bond acceptors (Lipinski definition) is 30. The molecule has 0 amide bonds. The van der Waals surface area contributed by atoms with Crippen LogP contribution in [-0.4, -0.2) is 196 Å². The number of nitrogens with zero attached hydrogens (tertiary/aromatic N) is 6. The van der Waals surface area contributed by atoms with Crippen molar-refractivity contribution in [3.63, 3.8) is 0 Å². The number of anilines is 8. The van der Waals surface area contributed by atoms with Crippen molar-refractivity contribution in [3.8, 4) is 0 Å². The Bertz CT molecular complexity index is 2650. The number of aliphatic hydroxyl groups excluding tert-OH is 2. The molecule has 0 unspecified atom stereocenters. The summed E-state index contributed by atoms with van der Waals surface area (Å²) in [5.74, 6) is -2.68. The van der Waals surface area contributed by atoms with Gasteiger partial charge in [0.1, 0.15) is 20.2 Å². The third kappa shape index (κ3) is 31.2. The molecule has 0 spiro atoms. The van der Waals surface area contributed by atoms with Gasteiger partial charge in [0.2, 0.25) is 35.7 Å². The number of nitrogens with one attached hydrogen (secondary N) is 6. The molecule has 4 rings (SSSR count).